The van der Waals surface area contributed by atoms with Crippen molar-refractivity contribution in [3.63, 3.8) is 0 Å². The van der Waals surface area contributed by atoms with Crippen LogP contribution in [-0.2, 0) is 0 Å². The Bertz CT molecular complexity index is 136. The predicted octanol–water partition coefficient (Wildman–Crippen LogP) is 0.609. The van der Waals surface area contributed by atoms with E-state index in [2.05, 4.69) is 11.7 Å². The molecule has 0 bridgehead atoms. The molecule has 0 heterocycles. The maximum atomic E-state index is 4.01. The zero-order valence-corrected chi connectivity index (χ0v) is 7.13. The summed E-state index contributed by atoms with van der Waals surface area (Å²) in [5, 5.41) is 5.74. The molecule has 0 rings (SSSR count). The third-order valence-corrected chi connectivity index (χ3v) is 1.01. The van der Waals surface area contributed by atoms with Gasteiger partial charge in [0.15, 0.2) is 0 Å². The van der Waals surface area contributed by atoms with Crippen LogP contribution in [0, 0.1) is 0 Å². The van der Waals surface area contributed by atoms with Gasteiger partial charge in [0.1, 0.15) is 0 Å². The normalized spacial score (nSPS) is 10.0. The van der Waals surface area contributed by atoms with Gasteiger partial charge in [0.25, 0.3) is 0 Å². The van der Waals surface area contributed by atoms with E-state index in [-0.39, 0.29) is 0 Å². The van der Waals surface area contributed by atoms with Crippen LogP contribution in [0.3, 0.4) is 0 Å². The molecule has 0 aromatic rings. The van der Waals surface area contributed by atoms with Crippen LogP contribution < -0.4 is 0 Å². The minimum atomic E-state index is 0.897. The Hall–Kier alpha value is -0.990. The number of nitrogens with zero attached hydrogens (tertiary/aromatic N) is 3. The molecule has 3 nitrogen and oxygen atoms in total. The fourth-order valence-corrected chi connectivity index (χ4v) is 0.298. The van der Waals surface area contributed by atoms with Crippen molar-refractivity contribution >= 4 is 6.21 Å². The van der Waals surface area contributed by atoms with Crippen LogP contribution in [-0.4, -0.2) is 44.3 Å². The minimum absolute atomic E-state index is 0.897. The Morgan fingerprint density at radius 3 is 2.10 bits per heavy atom. The zero-order valence-electron chi connectivity index (χ0n) is 7.13. The summed E-state index contributed by atoms with van der Waals surface area (Å²) in [6.07, 6.45) is 1.72. The van der Waals surface area contributed by atoms with Crippen LogP contribution in [0.15, 0.2) is 17.4 Å². The molecule has 0 fully saturated rings. The lowest BCUT2D eigenvalue weighted by molar-refractivity contribution is 0.437. The molecule has 0 N–H and O–H groups in total. The molecule has 10 heavy (non-hydrogen) atoms. The lowest BCUT2D eigenvalue weighted by Gasteiger charge is -2.11. The smallest absolute Gasteiger partial charge is 0.0697 e. The van der Waals surface area contributed by atoms with E-state index in [0.717, 1.165) is 5.70 Å². The summed E-state index contributed by atoms with van der Waals surface area (Å²) in [4.78, 5) is 1.91. The van der Waals surface area contributed by atoms with Gasteiger partial charge >= 0.3 is 0 Å². The van der Waals surface area contributed by atoms with Gasteiger partial charge in [-0.25, -0.2) is 0 Å². The molecular weight excluding hydrogens is 126 g/mol. The largest absolute Gasteiger partial charge is 0.377 e. The van der Waals surface area contributed by atoms with Gasteiger partial charge in [-0.2, -0.15) is 5.10 Å². The Balaban J connectivity index is 3.79. The van der Waals surface area contributed by atoms with Crippen molar-refractivity contribution < 1.29 is 0 Å². The minimum Gasteiger partial charge on any atom is -0.377 e. The summed E-state index contributed by atoms with van der Waals surface area (Å²) < 4.78 is 0. The Morgan fingerprint density at radius 2 is 1.80 bits per heavy atom. The molecule has 0 amide bonds. The Kier molecular flexibility index (Phi) is 3.54. The van der Waals surface area contributed by atoms with E-state index < -0.39 is 0 Å². The summed E-state index contributed by atoms with van der Waals surface area (Å²) in [5.74, 6) is 0. The van der Waals surface area contributed by atoms with Crippen molar-refractivity contribution in [1.29, 1.82) is 0 Å². The van der Waals surface area contributed by atoms with Crippen molar-refractivity contribution in [3.05, 3.63) is 12.3 Å². The molecule has 0 unspecified atom stereocenters. The average Bonchev–Trinajstić information content (AvgIpc) is 1.82. The highest BCUT2D eigenvalue weighted by Crippen LogP contribution is 1.88. The van der Waals surface area contributed by atoms with E-state index in [9.17, 15) is 0 Å². The van der Waals surface area contributed by atoms with Crippen LogP contribution in [0.5, 0.6) is 0 Å². The lowest BCUT2D eigenvalue weighted by Crippen LogP contribution is -2.12. The molecule has 0 aliphatic heterocycles. The first kappa shape index (κ1) is 9.01. The third-order valence-electron chi connectivity index (χ3n) is 1.01. The number of hydrazone groups is 1. The van der Waals surface area contributed by atoms with Gasteiger partial charge in [0, 0.05) is 33.9 Å². The topological polar surface area (TPSA) is 18.8 Å². The molecule has 0 aliphatic rings. The van der Waals surface area contributed by atoms with E-state index in [0.29, 0.717) is 0 Å². The first-order valence-electron chi connectivity index (χ1n) is 3.11. The van der Waals surface area contributed by atoms with Crippen LogP contribution in [0.2, 0.25) is 0 Å². The highest BCUT2D eigenvalue weighted by Gasteiger charge is 1.88. The maximum Gasteiger partial charge on any atom is 0.0697 e. The average molecular weight is 141 g/mol. The standard InChI is InChI=1S/C7H15N3/c1-7(9(2)3)6-8-10(4)5/h6H,1H2,2-5H3/b8-6-. The van der Waals surface area contributed by atoms with Crippen LogP contribution in [0.25, 0.3) is 0 Å². The maximum absolute atomic E-state index is 4.01. The molecule has 0 radical (unpaired) electrons. The zero-order chi connectivity index (χ0) is 8.15. The van der Waals surface area contributed by atoms with Gasteiger partial charge in [0.05, 0.1) is 6.21 Å². The second-order valence-electron chi connectivity index (χ2n) is 2.48. The van der Waals surface area contributed by atoms with Crippen LogP contribution in [0.1, 0.15) is 0 Å². The van der Waals surface area contributed by atoms with E-state index in [1.54, 1.807) is 11.2 Å². The molecule has 0 spiro atoms. The Morgan fingerprint density at radius 1 is 1.30 bits per heavy atom. The molecular formula is C7H15N3. The van der Waals surface area contributed by atoms with Crippen LogP contribution >= 0.6 is 0 Å². The molecule has 58 valence electrons. The Labute approximate surface area is 62.6 Å². The summed E-state index contributed by atoms with van der Waals surface area (Å²) in [7, 11) is 7.62. The molecule has 0 saturated carbocycles. The number of hydrogen-bond acceptors (Lipinski definition) is 3. The monoisotopic (exact) mass is 141 g/mol. The predicted molar refractivity (Wildman–Crippen MR) is 45.0 cm³/mol. The van der Waals surface area contributed by atoms with Gasteiger partial charge in [-0.05, 0) is 0 Å². The highest BCUT2D eigenvalue weighted by molar-refractivity contribution is 5.76. The van der Waals surface area contributed by atoms with Gasteiger partial charge in [0.2, 0.25) is 0 Å². The van der Waals surface area contributed by atoms with Crippen molar-refractivity contribution in [1.82, 2.24) is 9.91 Å². The van der Waals surface area contributed by atoms with Crippen molar-refractivity contribution in [2.24, 2.45) is 5.10 Å². The molecule has 0 aromatic carbocycles. The first-order chi connectivity index (χ1) is 4.54. The number of hydrogen-bond donors (Lipinski definition) is 0. The summed E-state index contributed by atoms with van der Waals surface area (Å²) >= 11 is 0. The second kappa shape index (κ2) is 3.93. The van der Waals surface area contributed by atoms with Crippen molar-refractivity contribution in [2.45, 2.75) is 0 Å². The van der Waals surface area contributed by atoms with Crippen LogP contribution in [0.4, 0.5) is 0 Å². The SMILES string of the molecule is C=C(/C=N\N(C)C)N(C)C. The van der Waals surface area contributed by atoms with E-state index in [1.807, 2.05) is 33.1 Å². The third kappa shape index (κ3) is 3.95. The van der Waals surface area contributed by atoms with Crippen molar-refractivity contribution in [3.8, 4) is 0 Å². The molecule has 0 aromatic heterocycles. The molecule has 0 aliphatic carbocycles. The highest BCUT2D eigenvalue weighted by atomic mass is 15.4. The van der Waals surface area contributed by atoms with Gasteiger partial charge in [-0.15, -0.1) is 0 Å². The number of allylic oxidation sites excluding steroid dienone is 1. The van der Waals surface area contributed by atoms with Gasteiger partial charge in [-0.1, -0.05) is 6.58 Å². The first-order valence-corrected chi connectivity index (χ1v) is 3.11. The quantitative estimate of drug-likeness (QED) is 0.423. The fourth-order valence-electron chi connectivity index (χ4n) is 0.298. The summed E-state index contributed by atoms with van der Waals surface area (Å²) in [6, 6.07) is 0. The second-order valence-corrected chi connectivity index (χ2v) is 2.48. The van der Waals surface area contributed by atoms with E-state index in [4.69, 9.17) is 0 Å². The summed E-state index contributed by atoms with van der Waals surface area (Å²) in [6.45, 7) is 3.78. The van der Waals surface area contributed by atoms with Gasteiger partial charge in [-0.3, -0.25) is 0 Å². The van der Waals surface area contributed by atoms with Gasteiger partial charge < -0.3 is 9.91 Å². The lowest BCUT2D eigenvalue weighted by atomic mass is 10.5. The van der Waals surface area contributed by atoms with E-state index >= 15 is 0 Å². The molecule has 0 atom stereocenters. The van der Waals surface area contributed by atoms with Crippen molar-refractivity contribution in [2.75, 3.05) is 28.2 Å². The number of rotatable bonds is 3. The molecule has 3 heteroatoms. The summed E-state index contributed by atoms with van der Waals surface area (Å²) in [5.41, 5.74) is 0.897. The van der Waals surface area contributed by atoms with E-state index in [1.165, 1.54) is 0 Å². The fraction of sp³-hybridized carbons (Fsp3) is 0.571. The molecule has 0 saturated heterocycles.